The van der Waals surface area contributed by atoms with E-state index in [0.717, 1.165) is 27.7 Å². The molecule has 0 fully saturated rings. The molecule has 0 radical (unpaired) electrons. The number of nitrogens with zero attached hydrogens (tertiary/aromatic N) is 4. The van der Waals surface area contributed by atoms with Crippen molar-refractivity contribution in [3.63, 3.8) is 0 Å². The van der Waals surface area contributed by atoms with E-state index >= 15 is 0 Å². The topological polar surface area (TPSA) is 92.3 Å². The van der Waals surface area contributed by atoms with Crippen LogP contribution in [0.2, 0.25) is 0 Å². The van der Waals surface area contributed by atoms with Gasteiger partial charge in [-0.15, -0.1) is 10.2 Å². The molecule has 28 heavy (non-hydrogen) atoms. The largest absolute Gasteiger partial charge is 0.467 e. The number of rotatable bonds is 5. The summed E-state index contributed by atoms with van der Waals surface area (Å²) in [7, 11) is 1.91. The van der Waals surface area contributed by atoms with Gasteiger partial charge in [0.15, 0.2) is 17.8 Å². The van der Waals surface area contributed by atoms with Gasteiger partial charge >= 0.3 is 0 Å². The minimum Gasteiger partial charge on any atom is -0.467 e. The second-order valence-electron chi connectivity index (χ2n) is 6.48. The van der Waals surface area contributed by atoms with E-state index in [1.54, 1.807) is 6.07 Å². The zero-order valence-electron chi connectivity index (χ0n) is 15.4. The summed E-state index contributed by atoms with van der Waals surface area (Å²) in [6.07, 6.45) is 0. The van der Waals surface area contributed by atoms with Crippen molar-refractivity contribution in [2.75, 3.05) is 6.79 Å². The van der Waals surface area contributed by atoms with E-state index in [9.17, 15) is 10.1 Å². The Bertz CT molecular complexity index is 1050. The van der Waals surface area contributed by atoms with Gasteiger partial charge in [0.2, 0.25) is 0 Å². The van der Waals surface area contributed by atoms with Gasteiger partial charge < -0.3 is 14.0 Å². The fourth-order valence-electron chi connectivity index (χ4n) is 3.11. The number of aryl methyl sites for hydroxylation is 1. The van der Waals surface area contributed by atoms with E-state index in [-0.39, 0.29) is 12.5 Å². The SMILES string of the molecule is Cc1cccc(-c2nnc(SCc3cc([N+](=O)[O-])cc4c3OCOC4)n2C)c1. The first-order chi connectivity index (χ1) is 13.5. The highest BCUT2D eigenvalue weighted by Crippen LogP contribution is 2.36. The molecule has 0 atom stereocenters. The van der Waals surface area contributed by atoms with Gasteiger partial charge in [0.25, 0.3) is 5.69 Å². The van der Waals surface area contributed by atoms with E-state index < -0.39 is 4.92 Å². The van der Waals surface area contributed by atoms with Gasteiger partial charge in [-0.1, -0.05) is 35.5 Å². The van der Waals surface area contributed by atoms with Crippen LogP contribution in [-0.4, -0.2) is 26.5 Å². The third-order valence-corrected chi connectivity index (χ3v) is 5.52. The Kier molecular flexibility index (Phi) is 5.01. The number of thioether (sulfide) groups is 1. The van der Waals surface area contributed by atoms with Crippen LogP contribution in [0.15, 0.2) is 41.6 Å². The summed E-state index contributed by atoms with van der Waals surface area (Å²) in [6, 6.07) is 11.1. The molecule has 1 aliphatic heterocycles. The first kappa shape index (κ1) is 18.5. The summed E-state index contributed by atoms with van der Waals surface area (Å²) in [4.78, 5) is 10.8. The van der Waals surface area contributed by atoms with Crippen molar-refractivity contribution in [3.8, 4) is 17.1 Å². The highest BCUT2D eigenvalue weighted by molar-refractivity contribution is 7.98. The van der Waals surface area contributed by atoms with Crippen molar-refractivity contribution in [3.05, 3.63) is 63.2 Å². The van der Waals surface area contributed by atoms with E-state index in [0.29, 0.717) is 23.7 Å². The number of aromatic nitrogens is 3. The molecule has 0 amide bonds. The summed E-state index contributed by atoms with van der Waals surface area (Å²) in [6.45, 7) is 2.48. The van der Waals surface area contributed by atoms with Crippen LogP contribution in [0.1, 0.15) is 16.7 Å². The summed E-state index contributed by atoms with van der Waals surface area (Å²) in [5, 5.41) is 20.6. The molecule has 3 aromatic rings. The van der Waals surface area contributed by atoms with Crippen LogP contribution in [0, 0.1) is 17.0 Å². The van der Waals surface area contributed by atoms with Gasteiger partial charge in [-0.3, -0.25) is 10.1 Å². The molecule has 1 aliphatic rings. The smallest absolute Gasteiger partial charge is 0.270 e. The molecule has 0 saturated heterocycles. The molecule has 1 aromatic heterocycles. The van der Waals surface area contributed by atoms with Crippen molar-refractivity contribution in [1.82, 2.24) is 14.8 Å². The van der Waals surface area contributed by atoms with Crippen molar-refractivity contribution >= 4 is 17.4 Å². The van der Waals surface area contributed by atoms with Crippen LogP contribution in [0.3, 0.4) is 0 Å². The Morgan fingerprint density at radius 3 is 2.93 bits per heavy atom. The maximum Gasteiger partial charge on any atom is 0.270 e. The fourth-order valence-corrected chi connectivity index (χ4v) is 3.99. The average Bonchev–Trinajstić information content (AvgIpc) is 3.06. The summed E-state index contributed by atoms with van der Waals surface area (Å²) in [5.41, 5.74) is 3.61. The normalized spacial score (nSPS) is 13.1. The average molecular weight is 398 g/mol. The summed E-state index contributed by atoms with van der Waals surface area (Å²) >= 11 is 1.46. The Morgan fingerprint density at radius 1 is 1.29 bits per heavy atom. The van der Waals surface area contributed by atoms with Gasteiger partial charge in [0.05, 0.1) is 11.5 Å². The van der Waals surface area contributed by atoms with Gasteiger partial charge in [-0.05, 0) is 13.0 Å². The van der Waals surface area contributed by atoms with Crippen LogP contribution >= 0.6 is 11.8 Å². The van der Waals surface area contributed by atoms with Gasteiger partial charge in [-0.25, -0.2) is 0 Å². The minimum atomic E-state index is -0.402. The number of non-ortho nitro benzene ring substituents is 1. The lowest BCUT2D eigenvalue weighted by Gasteiger charge is -2.20. The highest BCUT2D eigenvalue weighted by atomic mass is 32.2. The number of hydrogen-bond donors (Lipinski definition) is 0. The monoisotopic (exact) mass is 398 g/mol. The zero-order valence-corrected chi connectivity index (χ0v) is 16.2. The predicted octanol–water partition coefficient (Wildman–Crippen LogP) is 3.86. The molecule has 144 valence electrons. The molecular weight excluding hydrogens is 380 g/mol. The minimum absolute atomic E-state index is 0.0295. The van der Waals surface area contributed by atoms with Crippen molar-refractivity contribution in [2.45, 2.75) is 24.4 Å². The summed E-state index contributed by atoms with van der Waals surface area (Å²) < 4.78 is 12.8. The Balaban J connectivity index is 1.60. The summed E-state index contributed by atoms with van der Waals surface area (Å²) in [5.74, 6) is 1.91. The molecule has 0 saturated carbocycles. The third kappa shape index (κ3) is 3.58. The lowest BCUT2D eigenvalue weighted by molar-refractivity contribution is -0.385. The second-order valence-corrected chi connectivity index (χ2v) is 7.43. The Hall–Kier alpha value is -2.91. The molecule has 2 aromatic carbocycles. The highest BCUT2D eigenvalue weighted by Gasteiger charge is 2.22. The van der Waals surface area contributed by atoms with E-state index in [2.05, 4.69) is 16.3 Å². The van der Waals surface area contributed by atoms with E-state index in [1.165, 1.54) is 17.8 Å². The number of ether oxygens (including phenoxy) is 2. The molecular formula is C19H18N4O4S. The predicted molar refractivity (Wildman–Crippen MR) is 104 cm³/mol. The fraction of sp³-hybridized carbons (Fsp3) is 0.263. The number of fused-ring (bicyclic) bond motifs is 1. The van der Waals surface area contributed by atoms with Crippen LogP contribution in [0.4, 0.5) is 5.69 Å². The van der Waals surface area contributed by atoms with Crippen LogP contribution in [0.25, 0.3) is 11.4 Å². The van der Waals surface area contributed by atoms with Crippen molar-refractivity contribution in [2.24, 2.45) is 7.05 Å². The molecule has 9 heteroatoms. The third-order valence-electron chi connectivity index (χ3n) is 4.45. The number of hydrogen-bond acceptors (Lipinski definition) is 7. The lowest BCUT2D eigenvalue weighted by Crippen LogP contribution is -2.13. The van der Waals surface area contributed by atoms with Crippen molar-refractivity contribution in [1.29, 1.82) is 0 Å². The maximum absolute atomic E-state index is 11.2. The Morgan fingerprint density at radius 2 is 2.14 bits per heavy atom. The second kappa shape index (κ2) is 7.61. The number of nitro groups is 1. The molecule has 0 aliphatic carbocycles. The molecule has 4 rings (SSSR count). The molecule has 8 nitrogen and oxygen atoms in total. The van der Waals surface area contributed by atoms with E-state index in [4.69, 9.17) is 9.47 Å². The number of benzene rings is 2. The molecule has 2 heterocycles. The van der Waals surface area contributed by atoms with Crippen molar-refractivity contribution < 1.29 is 14.4 Å². The quantitative estimate of drug-likeness (QED) is 0.366. The Labute approximate surface area is 165 Å². The van der Waals surface area contributed by atoms with Gasteiger partial charge in [0, 0.05) is 41.6 Å². The number of nitro benzene ring substituents is 1. The lowest BCUT2D eigenvalue weighted by atomic mass is 10.1. The zero-order chi connectivity index (χ0) is 19.7. The molecule has 0 bridgehead atoms. The van der Waals surface area contributed by atoms with E-state index in [1.807, 2.05) is 36.7 Å². The van der Waals surface area contributed by atoms with Crippen LogP contribution in [0.5, 0.6) is 5.75 Å². The molecule has 0 spiro atoms. The van der Waals surface area contributed by atoms with Crippen LogP contribution in [-0.2, 0) is 24.1 Å². The van der Waals surface area contributed by atoms with Gasteiger partial charge in [-0.2, -0.15) is 0 Å². The standard InChI is InChI=1S/C19H18N4O4S/c1-12-4-3-5-13(6-12)18-20-21-19(22(18)2)28-10-15-8-16(23(24)25)7-14-9-26-11-27-17(14)15/h3-8H,9-11H2,1-2H3. The first-order valence-corrected chi connectivity index (χ1v) is 9.61. The maximum atomic E-state index is 11.2. The van der Waals surface area contributed by atoms with Crippen LogP contribution < -0.4 is 4.74 Å². The molecule has 0 N–H and O–H groups in total. The van der Waals surface area contributed by atoms with Gasteiger partial charge in [0.1, 0.15) is 5.75 Å². The molecule has 0 unspecified atom stereocenters. The first-order valence-electron chi connectivity index (χ1n) is 8.63.